The smallest absolute Gasteiger partial charge is 0.180 e. The van der Waals surface area contributed by atoms with Gasteiger partial charge in [0.05, 0.1) is 25.4 Å². The summed E-state index contributed by atoms with van der Waals surface area (Å²) in [5.41, 5.74) is 6.61. The zero-order valence-electron chi connectivity index (χ0n) is 11.0. The number of para-hydroxylation sites is 2. The van der Waals surface area contributed by atoms with Gasteiger partial charge in [-0.1, -0.05) is 12.1 Å². The molecule has 1 aliphatic heterocycles. The predicted octanol–water partition coefficient (Wildman–Crippen LogP) is 2.51. The normalized spacial score (nSPS) is 18.1. The van der Waals surface area contributed by atoms with Crippen LogP contribution in [0.1, 0.15) is 11.3 Å². The number of nitrogens with zero attached hydrogens (tertiary/aromatic N) is 1. The average Bonchev–Trinajstić information content (AvgIpc) is 3.10. The van der Waals surface area contributed by atoms with Gasteiger partial charge in [0.1, 0.15) is 11.9 Å². The predicted molar refractivity (Wildman–Crippen MR) is 80.1 cm³/mol. The van der Waals surface area contributed by atoms with Crippen molar-refractivity contribution in [3.05, 3.63) is 35.3 Å². The molecule has 20 heavy (non-hydrogen) atoms. The lowest BCUT2D eigenvalue weighted by molar-refractivity contribution is 0.142. The molecule has 1 saturated heterocycles. The zero-order valence-corrected chi connectivity index (χ0v) is 11.9. The van der Waals surface area contributed by atoms with E-state index in [0.29, 0.717) is 18.3 Å². The summed E-state index contributed by atoms with van der Waals surface area (Å²) in [4.78, 5) is 5.14. The number of hydrogen-bond acceptors (Lipinski definition) is 6. The van der Waals surface area contributed by atoms with Gasteiger partial charge in [0.2, 0.25) is 0 Å². The van der Waals surface area contributed by atoms with Crippen molar-refractivity contribution >= 4 is 22.2 Å². The largest absolute Gasteiger partial charge is 0.486 e. The highest BCUT2D eigenvalue weighted by molar-refractivity contribution is 7.15. The fourth-order valence-electron chi connectivity index (χ4n) is 2.09. The lowest BCUT2D eigenvalue weighted by Gasteiger charge is -2.16. The number of nitrogens with one attached hydrogen (secondary N) is 1. The Kier molecular flexibility index (Phi) is 4.03. The van der Waals surface area contributed by atoms with E-state index in [1.54, 1.807) is 6.20 Å². The summed E-state index contributed by atoms with van der Waals surface area (Å²) < 4.78 is 11.3. The number of thiazole rings is 1. The molecule has 0 amide bonds. The van der Waals surface area contributed by atoms with Crippen LogP contribution in [0.25, 0.3) is 0 Å². The van der Waals surface area contributed by atoms with E-state index in [2.05, 4.69) is 10.3 Å². The van der Waals surface area contributed by atoms with Crippen molar-refractivity contribution in [1.82, 2.24) is 4.98 Å². The van der Waals surface area contributed by atoms with Crippen molar-refractivity contribution in [2.24, 2.45) is 0 Å². The SMILES string of the molecule is Nc1ncc(CNc2ccccc2OC2CCOC2)s1. The summed E-state index contributed by atoms with van der Waals surface area (Å²) in [6, 6.07) is 7.94. The van der Waals surface area contributed by atoms with Crippen LogP contribution in [0.15, 0.2) is 30.5 Å². The van der Waals surface area contributed by atoms with Crippen LogP contribution in [0.2, 0.25) is 0 Å². The maximum atomic E-state index is 5.98. The molecule has 1 aromatic heterocycles. The second kappa shape index (κ2) is 6.11. The van der Waals surface area contributed by atoms with Crippen molar-refractivity contribution < 1.29 is 9.47 Å². The van der Waals surface area contributed by atoms with Gasteiger partial charge in [-0.15, -0.1) is 11.3 Å². The molecule has 5 nitrogen and oxygen atoms in total. The Balaban J connectivity index is 1.65. The minimum atomic E-state index is 0.150. The first-order chi connectivity index (χ1) is 9.81. The fraction of sp³-hybridized carbons (Fsp3) is 0.357. The minimum Gasteiger partial charge on any atom is -0.486 e. The number of ether oxygens (including phenoxy) is 2. The van der Waals surface area contributed by atoms with Crippen LogP contribution in [0.3, 0.4) is 0 Å². The highest BCUT2D eigenvalue weighted by Gasteiger charge is 2.18. The molecule has 0 radical (unpaired) electrons. The van der Waals surface area contributed by atoms with Gasteiger partial charge in [0.15, 0.2) is 5.13 Å². The number of anilines is 2. The molecule has 1 unspecified atom stereocenters. The van der Waals surface area contributed by atoms with Crippen LogP contribution in [-0.2, 0) is 11.3 Å². The lowest BCUT2D eigenvalue weighted by atomic mass is 10.2. The van der Waals surface area contributed by atoms with Crippen molar-refractivity contribution in [3.63, 3.8) is 0 Å². The van der Waals surface area contributed by atoms with E-state index >= 15 is 0 Å². The van der Waals surface area contributed by atoms with Crippen LogP contribution in [0, 0.1) is 0 Å². The molecule has 3 rings (SSSR count). The summed E-state index contributed by atoms with van der Waals surface area (Å²) in [5.74, 6) is 0.862. The van der Waals surface area contributed by atoms with Crippen LogP contribution < -0.4 is 15.8 Å². The quantitative estimate of drug-likeness (QED) is 0.886. The fourth-order valence-corrected chi connectivity index (χ4v) is 2.71. The van der Waals surface area contributed by atoms with E-state index in [1.165, 1.54) is 11.3 Å². The van der Waals surface area contributed by atoms with E-state index < -0.39 is 0 Å². The number of benzene rings is 1. The van der Waals surface area contributed by atoms with Crippen LogP contribution in [0.5, 0.6) is 5.75 Å². The molecule has 1 aliphatic rings. The highest BCUT2D eigenvalue weighted by Crippen LogP contribution is 2.27. The van der Waals surface area contributed by atoms with E-state index in [4.69, 9.17) is 15.2 Å². The number of aromatic nitrogens is 1. The second-order valence-corrected chi connectivity index (χ2v) is 5.76. The third kappa shape index (κ3) is 3.20. The standard InChI is InChI=1S/C14H17N3O2S/c15-14-17-8-11(20-14)7-16-12-3-1-2-4-13(12)19-10-5-6-18-9-10/h1-4,8,10,16H,5-7,9H2,(H2,15,17). The van der Waals surface area contributed by atoms with E-state index in [9.17, 15) is 0 Å². The topological polar surface area (TPSA) is 69.4 Å². The number of hydrogen-bond donors (Lipinski definition) is 2. The Hall–Kier alpha value is -1.79. The maximum absolute atomic E-state index is 5.98. The summed E-state index contributed by atoms with van der Waals surface area (Å²) in [6.45, 7) is 2.14. The van der Waals surface area contributed by atoms with Crippen molar-refractivity contribution in [2.75, 3.05) is 24.3 Å². The Morgan fingerprint density at radius 3 is 3.10 bits per heavy atom. The first kappa shape index (κ1) is 13.2. The average molecular weight is 291 g/mol. The molecule has 2 aromatic rings. The second-order valence-electron chi connectivity index (χ2n) is 4.62. The molecule has 0 aliphatic carbocycles. The van der Waals surface area contributed by atoms with Crippen LogP contribution in [-0.4, -0.2) is 24.3 Å². The van der Waals surface area contributed by atoms with E-state index in [-0.39, 0.29) is 6.10 Å². The molecule has 1 atom stereocenters. The van der Waals surface area contributed by atoms with Crippen LogP contribution >= 0.6 is 11.3 Å². The van der Waals surface area contributed by atoms with Gasteiger partial charge < -0.3 is 20.5 Å². The van der Waals surface area contributed by atoms with Gasteiger partial charge in [-0.05, 0) is 12.1 Å². The molecule has 2 heterocycles. The van der Waals surface area contributed by atoms with Gasteiger partial charge in [-0.2, -0.15) is 0 Å². The van der Waals surface area contributed by atoms with Crippen molar-refractivity contribution in [1.29, 1.82) is 0 Å². The first-order valence-electron chi connectivity index (χ1n) is 6.59. The van der Waals surface area contributed by atoms with Crippen LogP contribution in [0.4, 0.5) is 10.8 Å². The van der Waals surface area contributed by atoms with Gasteiger partial charge in [0.25, 0.3) is 0 Å². The molecule has 1 fully saturated rings. The molecule has 3 N–H and O–H groups in total. The maximum Gasteiger partial charge on any atom is 0.180 e. The zero-order chi connectivity index (χ0) is 13.8. The molecular formula is C14H17N3O2S. The molecule has 0 saturated carbocycles. The minimum absolute atomic E-state index is 0.150. The Labute approximate surface area is 121 Å². The number of rotatable bonds is 5. The number of nitrogens with two attached hydrogens (primary N) is 1. The third-order valence-electron chi connectivity index (χ3n) is 3.09. The molecule has 1 aromatic carbocycles. The van der Waals surface area contributed by atoms with E-state index in [0.717, 1.165) is 29.3 Å². The lowest BCUT2D eigenvalue weighted by Crippen LogP contribution is -2.16. The summed E-state index contributed by atoms with van der Waals surface area (Å²) >= 11 is 1.49. The molecule has 106 valence electrons. The van der Waals surface area contributed by atoms with Gasteiger partial charge in [-0.25, -0.2) is 4.98 Å². The summed E-state index contributed by atoms with van der Waals surface area (Å²) in [7, 11) is 0. The third-order valence-corrected chi connectivity index (χ3v) is 3.92. The monoisotopic (exact) mass is 291 g/mol. The molecule has 6 heteroatoms. The summed E-state index contributed by atoms with van der Waals surface area (Å²) in [5, 5.41) is 3.96. The first-order valence-corrected chi connectivity index (χ1v) is 7.40. The van der Waals surface area contributed by atoms with Crippen molar-refractivity contribution in [3.8, 4) is 5.75 Å². The molecule has 0 spiro atoms. The number of nitrogen functional groups attached to an aromatic ring is 1. The summed E-state index contributed by atoms with van der Waals surface area (Å²) in [6.07, 6.45) is 2.89. The Bertz CT molecular complexity index is 567. The van der Waals surface area contributed by atoms with Gasteiger partial charge in [-0.3, -0.25) is 0 Å². The molecule has 0 bridgehead atoms. The van der Waals surface area contributed by atoms with E-state index in [1.807, 2.05) is 24.3 Å². The highest BCUT2D eigenvalue weighted by atomic mass is 32.1. The van der Waals surface area contributed by atoms with Crippen molar-refractivity contribution in [2.45, 2.75) is 19.1 Å². The van der Waals surface area contributed by atoms with Gasteiger partial charge >= 0.3 is 0 Å². The Morgan fingerprint density at radius 2 is 2.35 bits per heavy atom. The van der Waals surface area contributed by atoms with Gasteiger partial charge in [0, 0.05) is 17.5 Å². The Morgan fingerprint density at radius 1 is 1.45 bits per heavy atom. The molecular weight excluding hydrogens is 274 g/mol.